The van der Waals surface area contributed by atoms with Gasteiger partial charge in [-0.05, 0) is 20.8 Å². The Labute approximate surface area is 369 Å². The van der Waals surface area contributed by atoms with E-state index in [4.69, 9.17) is 74.9 Å². The van der Waals surface area contributed by atoms with Crippen molar-refractivity contribution in [2.75, 3.05) is 166 Å². The Bertz CT molecular complexity index is 899. The van der Waals surface area contributed by atoms with Crippen LogP contribution in [0.4, 0.5) is 0 Å². The van der Waals surface area contributed by atoms with E-state index in [1.807, 2.05) is 13.6 Å². The largest absolute Gasteiger partial charge is 0.412 e. The Hall–Kier alpha value is 0.240. The fourth-order valence-electron chi connectivity index (χ4n) is 2.44. The van der Waals surface area contributed by atoms with Gasteiger partial charge < -0.3 is 98.9 Å². The van der Waals surface area contributed by atoms with Crippen molar-refractivity contribution in [2.45, 2.75) is 43.0 Å². The van der Waals surface area contributed by atoms with Gasteiger partial charge >= 0.3 is 22.8 Å². The standard InChI is InChI=1S/C7H17O5P.C7H17O4P.2C6H15O6P.C2H6O.3CH4.H3N.2H2O/c1-3-11-13(2,9)12-7-6-10-5-4-8;1-3-10-12(2)11-7-6-9-5-4-8;2*1-13(9,12-6-8)11-5-4-10-3-2-7;1-2-3;;;;;;/h8H,3-7H2,1-2H3;8H,3-7H2,1-2H3;2*7-8H,2-6H2,1H3;3H,2H2,1H3;3*1H4;1H3;2*1H2/i2*8D;7D;;;3*1T;;;. The molecule has 29 heteroatoms. The van der Waals surface area contributed by atoms with Crippen molar-refractivity contribution < 1.29 is 120 Å². The first-order valence-corrected chi connectivity index (χ1v) is 24.3. The summed E-state index contributed by atoms with van der Waals surface area (Å²) in [6.45, 7) is 15.4. The van der Waals surface area contributed by atoms with Crippen LogP contribution in [-0.4, -0.2) is 217 Å². The van der Waals surface area contributed by atoms with Gasteiger partial charge in [-0.1, -0.05) is 22.2 Å². The van der Waals surface area contributed by atoms with Crippen molar-refractivity contribution in [3.05, 3.63) is 0 Å². The van der Waals surface area contributed by atoms with Crippen LogP contribution in [0.1, 0.15) is 47.1 Å². The zero-order valence-electron chi connectivity index (χ0n) is 43.5. The molecule has 4 atom stereocenters. The van der Waals surface area contributed by atoms with Gasteiger partial charge in [0.2, 0.25) is 4.29 Å². The molecule has 4 unspecified atom stereocenters. The lowest BCUT2D eigenvalue weighted by molar-refractivity contribution is 0.0494. The van der Waals surface area contributed by atoms with E-state index in [2.05, 4.69) is 24.4 Å². The van der Waals surface area contributed by atoms with Crippen molar-refractivity contribution in [3.63, 3.8) is 0 Å². The van der Waals surface area contributed by atoms with Crippen molar-refractivity contribution in [3.8, 4) is 0 Å². The Morgan fingerprint density at radius 2 is 0.800 bits per heavy atom. The number of hydrogen-bond donors (Lipinski definition) is 8. The minimum atomic E-state index is -3.15. The van der Waals surface area contributed by atoms with E-state index < -0.39 is 44.7 Å². The van der Waals surface area contributed by atoms with Crippen molar-refractivity contribution >= 4 is 31.2 Å². The van der Waals surface area contributed by atoms with Crippen LogP contribution in [0.5, 0.6) is 0 Å². The molecule has 0 aliphatic rings. The predicted molar refractivity (Wildman–Crippen MR) is 234 cm³/mol. The fourth-order valence-corrected chi connectivity index (χ4v) is 5.54. The molecule has 0 aliphatic carbocycles. The average molecular weight is 993 g/mol. The monoisotopic (exact) mass is 993 g/mol. The van der Waals surface area contributed by atoms with Crippen molar-refractivity contribution in [1.82, 2.24) is 6.15 Å². The van der Waals surface area contributed by atoms with Gasteiger partial charge in [0.15, 0.2) is 22.0 Å². The molecule has 25 nitrogen and oxygen atoms in total. The van der Waals surface area contributed by atoms with Crippen LogP contribution in [-0.2, 0) is 68.8 Å². The highest BCUT2D eigenvalue weighted by Crippen LogP contribution is 2.44. The number of rotatable bonds is 35. The van der Waals surface area contributed by atoms with Gasteiger partial charge in [-0.3, -0.25) is 22.7 Å². The maximum atomic E-state index is 11.3. The van der Waals surface area contributed by atoms with Crippen LogP contribution in [0.2, 0.25) is 0 Å². The number of aliphatic hydroxyl groups excluding tert-OH is 7. The van der Waals surface area contributed by atoms with Crippen LogP contribution in [0.15, 0.2) is 0 Å². The van der Waals surface area contributed by atoms with Gasteiger partial charge in [0, 0.05) is 37.4 Å². The van der Waals surface area contributed by atoms with E-state index in [1.54, 1.807) is 13.8 Å². The first-order valence-electron chi connectivity index (χ1n) is 20.9. The van der Waals surface area contributed by atoms with Gasteiger partial charge in [-0.2, -0.15) is 0 Å². The number of ether oxygens (including phenoxy) is 4. The quantitative estimate of drug-likeness (QED) is 0.0255. The molecule has 0 saturated heterocycles. The summed E-state index contributed by atoms with van der Waals surface area (Å²) < 4.78 is 129. The molecule has 0 fully saturated rings. The van der Waals surface area contributed by atoms with Gasteiger partial charge in [0.1, 0.15) is 0 Å². The van der Waals surface area contributed by atoms with Crippen molar-refractivity contribution in [2.24, 2.45) is 0 Å². The summed E-state index contributed by atoms with van der Waals surface area (Å²) >= 11 is 0. The van der Waals surface area contributed by atoms with E-state index in [-0.39, 0.29) is 89.8 Å². The molecule has 0 heterocycles. The first-order chi connectivity index (χ1) is 30.1. The third kappa shape index (κ3) is 89.2. The van der Waals surface area contributed by atoms with Crippen LogP contribution in [0.25, 0.3) is 0 Å². The summed E-state index contributed by atoms with van der Waals surface area (Å²) in [5.41, 5.74) is 0. The molecule has 0 aromatic carbocycles. The highest BCUT2D eigenvalue weighted by Gasteiger charge is 2.17. The normalized spacial score (nSPS) is 14.1. The van der Waals surface area contributed by atoms with Gasteiger partial charge in [-0.15, -0.1) is 0 Å². The molecule has 0 aromatic rings. The fraction of sp³-hybridized carbons (Fsp3) is 1.00. The second kappa shape index (κ2) is 68.3. The molecule has 14 N–H and O–H groups in total. The van der Waals surface area contributed by atoms with E-state index in [1.165, 1.54) is 42.2 Å². The summed E-state index contributed by atoms with van der Waals surface area (Å²) in [6, 6.07) is 0. The molecule has 0 aliphatic heterocycles. The summed E-state index contributed by atoms with van der Waals surface area (Å²) in [4.78, 5) is 0. The molecule has 382 valence electrons. The van der Waals surface area contributed by atoms with Gasteiger partial charge in [0.05, 0.1) is 119 Å². The SMILES string of the molecule is CCO.CP(=O)(OCO)OCCOCCO.N.O.O.[2H]OCCOCCOP(C)(=O)OCC.[2H]OCCOCCOP(C)(=O)OCO.[2H]OCCOCCOP(C)OCC.[3H]C.[3H]C.[3H]C. The number of aliphatic hydroxyl groups is 7. The average Bonchev–Trinajstić information content (AvgIpc) is 3.25. The van der Waals surface area contributed by atoms with Gasteiger partial charge in [-0.25, -0.2) is 0 Å². The second-order valence-corrected chi connectivity index (χ2v) is 16.6. The molecule has 0 aromatic heterocycles. The lowest BCUT2D eigenvalue weighted by Gasteiger charge is -2.12. The molecular formula is C31H89NO24P4. The maximum Gasteiger partial charge on any atom is 0.329 e. The molecule has 0 spiro atoms. The third-order valence-electron chi connectivity index (χ3n) is 4.34. The zero-order valence-corrected chi connectivity index (χ0v) is 41.1. The first kappa shape index (κ1) is 69.3. The molecule has 60 heavy (non-hydrogen) atoms. The molecule has 0 amide bonds. The minimum absolute atomic E-state index is 0. The predicted octanol–water partition coefficient (Wildman–Crippen LogP) is 1.88. The molecule has 0 bridgehead atoms. The van der Waals surface area contributed by atoms with Crippen LogP contribution < -0.4 is 6.15 Å². The highest BCUT2D eigenvalue weighted by molar-refractivity contribution is 7.53. The molecule has 0 saturated carbocycles. The molecule has 0 rings (SSSR count). The smallest absolute Gasteiger partial charge is 0.329 e. The Morgan fingerprint density at radius 1 is 0.500 bits per heavy atom. The molecule has 0 radical (unpaired) electrons. The zero-order chi connectivity index (χ0) is 50.5. The molecular weight excluding hydrogens is 894 g/mol. The van der Waals surface area contributed by atoms with Crippen LogP contribution in [0, 0.1) is 0 Å². The van der Waals surface area contributed by atoms with E-state index in [9.17, 15) is 13.7 Å². The van der Waals surface area contributed by atoms with Crippen molar-refractivity contribution in [1.29, 1.82) is 4.29 Å². The summed E-state index contributed by atoms with van der Waals surface area (Å²) in [6.07, 6.45) is 0. The van der Waals surface area contributed by atoms with Crippen LogP contribution in [0.3, 0.4) is 0 Å². The maximum absolute atomic E-state index is 11.3. The highest BCUT2D eigenvalue weighted by atomic mass is 31.2. The van der Waals surface area contributed by atoms with E-state index in [0.717, 1.165) is 0 Å². The summed E-state index contributed by atoms with van der Waals surface area (Å²) in [7, 11) is -6.18. The number of hydrogen-bond acceptors (Lipinski definition) is 23. The lowest BCUT2D eigenvalue weighted by Crippen LogP contribution is -2.07. The van der Waals surface area contributed by atoms with E-state index >= 15 is 0 Å². The Morgan fingerprint density at radius 3 is 1.07 bits per heavy atom. The van der Waals surface area contributed by atoms with E-state index in [0.29, 0.717) is 52.9 Å². The Balaban J connectivity index is -0.0000000630. The second-order valence-electron chi connectivity index (χ2n) is 9.04. The third-order valence-corrected chi connectivity index (χ3v) is 9.36. The lowest BCUT2D eigenvalue weighted by atomic mass is 10.7. The summed E-state index contributed by atoms with van der Waals surface area (Å²) in [5.74, 6) is 0. The van der Waals surface area contributed by atoms with Gasteiger partial charge in [0.25, 0.3) is 0 Å². The topological polar surface area (TPSA) is 402 Å². The summed E-state index contributed by atoms with van der Waals surface area (Å²) in [5, 5.41) is 44.6. The van der Waals surface area contributed by atoms with Crippen LogP contribution >= 0.6 is 31.2 Å². The minimum Gasteiger partial charge on any atom is -0.412 e. The Kier molecular flexibility index (Phi) is 78.9.